The maximum atomic E-state index is 13.0. The Morgan fingerprint density at radius 3 is 2.18 bits per heavy atom. The predicted molar refractivity (Wildman–Crippen MR) is 86.1 cm³/mol. The van der Waals surface area contributed by atoms with Crippen LogP contribution in [0.1, 0.15) is 50.6 Å². The Morgan fingerprint density at radius 1 is 1.09 bits per heavy atom. The van der Waals surface area contributed by atoms with E-state index in [0.29, 0.717) is 0 Å². The van der Waals surface area contributed by atoms with Crippen LogP contribution in [-0.2, 0) is 10.2 Å². The highest BCUT2D eigenvalue weighted by Crippen LogP contribution is 2.28. The van der Waals surface area contributed by atoms with Gasteiger partial charge in [0, 0.05) is 26.2 Å². The van der Waals surface area contributed by atoms with Gasteiger partial charge in [-0.2, -0.15) is 17.0 Å². The van der Waals surface area contributed by atoms with Crippen LogP contribution in [-0.4, -0.2) is 37.2 Å². The highest BCUT2D eigenvalue weighted by molar-refractivity contribution is 7.86. The molecule has 1 aromatic carbocycles. The number of hydrogen-bond acceptors (Lipinski definition) is 2. The third-order valence-electron chi connectivity index (χ3n) is 4.71. The topological polar surface area (TPSA) is 40.6 Å². The van der Waals surface area contributed by atoms with E-state index in [-0.39, 0.29) is 17.9 Å². The summed E-state index contributed by atoms with van der Waals surface area (Å²) >= 11 is 0. The van der Waals surface area contributed by atoms with Gasteiger partial charge in [0.05, 0.1) is 0 Å². The van der Waals surface area contributed by atoms with Crippen molar-refractivity contribution in [2.75, 3.05) is 14.1 Å². The van der Waals surface area contributed by atoms with Crippen molar-refractivity contribution in [2.45, 2.75) is 51.1 Å². The molecule has 4 nitrogen and oxygen atoms in total. The summed E-state index contributed by atoms with van der Waals surface area (Å²) in [5.41, 5.74) is 0.782. The number of halogens is 1. The molecule has 1 saturated carbocycles. The van der Waals surface area contributed by atoms with Crippen molar-refractivity contribution in [1.82, 2.24) is 8.61 Å². The minimum Gasteiger partial charge on any atom is -0.207 e. The van der Waals surface area contributed by atoms with Gasteiger partial charge in [-0.3, -0.25) is 0 Å². The molecule has 0 heterocycles. The molecule has 0 spiro atoms. The molecule has 0 bridgehead atoms. The van der Waals surface area contributed by atoms with E-state index in [1.54, 1.807) is 26.2 Å². The highest BCUT2D eigenvalue weighted by Gasteiger charge is 2.33. The van der Waals surface area contributed by atoms with Crippen LogP contribution < -0.4 is 0 Å². The molecule has 0 aromatic heterocycles. The first-order chi connectivity index (χ1) is 10.3. The van der Waals surface area contributed by atoms with Crippen LogP contribution in [0.5, 0.6) is 0 Å². The summed E-state index contributed by atoms with van der Waals surface area (Å²) in [6.45, 7) is 1.82. The van der Waals surface area contributed by atoms with E-state index in [9.17, 15) is 12.8 Å². The summed E-state index contributed by atoms with van der Waals surface area (Å²) in [5.74, 6) is -0.319. The van der Waals surface area contributed by atoms with Crippen molar-refractivity contribution in [3.63, 3.8) is 0 Å². The van der Waals surface area contributed by atoms with E-state index >= 15 is 0 Å². The molecular formula is C16H25FN2O2S. The molecule has 0 amide bonds. The molecule has 2 rings (SSSR count). The molecule has 1 atom stereocenters. The molecular weight excluding hydrogens is 303 g/mol. The molecule has 22 heavy (non-hydrogen) atoms. The lowest BCUT2D eigenvalue weighted by molar-refractivity contribution is 0.260. The Kier molecular flexibility index (Phi) is 5.58. The van der Waals surface area contributed by atoms with Crippen LogP contribution in [0.4, 0.5) is 4.39 Å². The predicted octanol–water partition coefficient (Wildman–Crippen LogP) is 3.33. The summed E-state index contributed by atoms with van der Waals surface area (Å²) < 4.78 is 41.5. The Hall–Kier alpha value is -0.980. The third kappa shape index (κ3) is 3.67. The van der Waals surface area contributed by atoms with Gasteiger partial charge in [0.25, 0.3) is 10.2 Å². The van der Waals surface area contributed by atoms with Crippen molar-refractivity contribution >= 4 is 10.2 Å². The van der Waals surface area contributed by atoms with Gasteiger partial charge in [-0.25, -0.2) is 4.39 Å². The first-order valence-corrected chi connectivity index (χ1v) is 9.20. The molecule has 0 radical (unpaired) electrons. The van der Waals surface area contributed by atoms with Crippen LogP contribution >= 0.6 is 0 Å². The van der Waals surface area contributed by atoms with Crippen LogP contribution in [0.2, 0.25) is 0 Å². The van der Waals surface area contributed by atoms with Crippen LogP contribution in [0.25, 0.3) is 0 Å². The molecule has 6 heteroatoms. The van der Waals surface area contributed by atoms with E-state index in [1.165, 1.54) is 27.2 Å². The second-order valence-corrected chi connectivity index (χ2v) is 8.11. The molecule has 1 aliphatic carbocycles. The lowest BCUT2D eigenvalue weighted by Gasteiger charge is -2.35. The smallest absolute Gasteiger partial charge is 0.207 e. The number of benzene rings is 1. The average molecular weight is 328 g/mol. The third-order valence-corrected chi connectivity index (χ3v) is 6.78. The van der Waals surface area contributed by atoms with Gasteiger partial charge in [0.15, 0.2) is 0 Å². The maximum absolute atomic E-state index is 13.0. The van der Waals surface area contributed by atoms with E-state index in [0.717, 1.165) is 31.2 Å². The molecule has 1 aliphatic rings. The van der Waals surface area contributed by atoms with Crippen molar-refractivity contribution in [3.8, 4) is 0 Å². The first-order valence-electron chi connectivity index (χ1n) is 7.80. The second kappa shape index (κ2) is 7.06. The second-order valence-electron chi connectivity index (χ2n) is 6.06. The number of hydrogen-bond donors (Lipinski definition) is 0. The van der Waals surface area contributed by atoms with Crippen LogP contribution in [0.15, 0.2) is 24.3 Å². The zero-order valence-corrected chi connectivity index (χ0v) is 14.3. The van der Waals surface area contributed by atoms with Gasteiger partial charge >= 0.3 is 0 Å². The fourth-order valence-electron chi connectivity index (χ4n) is 2.99. The van der Waals surface area contributed by atoms with Gasteiger partial charge in [0.1, 0.15) is 5.82 Å². The zero-order chi connectivity index (χ0) is 16.3. The monoisotopic (exact) mass is 328 g/mol. The fraction of sp³-hybridized carbons (Fsp3) is 0.625. The molecule has 0 N–H and O–H groups in total. The van der Waals surface area contributed by atoms with E-state index in [2.05, 4.69) is 0 Å². The Bertz CT molecular complexity index is 583. The zero-order valence-electron chi connectivity index (χ0n) is 13.5. The summed E-state index contributed by atoms with van der Waals surface area (Å²) in [4.78, 5) is 0. The molecule has 1 aromatic rings. The Morgan fingerprint density at radius 2 is 1.64 bits per heavy atom. The molecule has 0 saturated heterocycles. The first kappa shape index (κ1) is 17.4. The number of nitrogens with zero attached hydrogens (tertiary/aromatic N) is 2. The lowest BCUT2D eigenvalue weighted by Crippen LogP contribution is -2.46. The van der Waals surface area contributed by atoms with Gasteiger partial charge in [-0.15, -0.1) is 0 Å². The van der Waals surface area contributed by atoms with Gasteiger partial charge < -0.3 is 0 Å². The summed E-state index contributed by atoms with van der Waals surface area (Å²) in [6.07, 6.45) is 5.21. The van der Waals surface area contributed by atoms with Gasteiger partial charge in [-0.1, -0.05) is 31.4 Å². The minimum atomic E-state index is -3.52. The van der Waals surface area contributed by atoms with E-state index < -0.39 is 10.2 Å². The van der Waals surface area contributed by atoms with Gasteiger partial charge in [-0.05, 0) is 37.5 Å². The highest BCUT2D eigenvalue weighted by atomic mass is 32.2. The van der Waals surface area contributed by atoms with Crippen LogP contribution in [0, 0.1) is 5.82 Å². The van der Waals surface area contributed by atoms with Crippen molar-refractivity contribution in [3.05, 3.63) is 35.6 Å². The Balaban J connectivity index is 2.14. The quantitative estimate of drug-likeness (QED) is 0.832. The maximum Gasteiger partial charge on any atom is 0.282 e. The van der Waals surface area contributed by atoms with Crippen molar-refractivity contribution in [2.24, 2.45) is 0 Å². The SMILES string of the molecule is CC(c1ccc(F)cc1)N(C)S(=O)(=O)N(C)C1CCCCC1. The molecule has 1 unspecified atom stereocenters. The summed E-state index contributed by atoms with van der Waals surface area (Å²) in [6, 6.07) is 5.73. The molecule has 1 fully saturated rings. The fourth-order valence-corrected chi connectivity index (χ4v) is 4.50. The van der Waals surface area contributed by atoms with Crippen molar-refractivity contribution in [1.29, 1.82) is 0 Å². The molecule has 124 valence electrons. The van der Waals surface area contributed by atoms with E-state index in [1.807, 2.05) is 6.92 Å². The minimum absolute atomic E-state index is 0.0848. The summed E-state index contributed by atoms with van der Waals surface area (Å²) in [5, 5.41) is 0. The van der Waals surface area contributed by atoms with E-state index in [4.69, 9.17) is 0 Å². The van der Waals surface area contributed by atoms with Crippen molar-refractivity contribution < 1.29 is 12.8 Å². The Labute approximate surface area is 133 Å². The van der Waals surface area contributed by atoms with Crippen LogP contribution in [0.3, 0.4) is 0 Å². The lowest BCUT2D eigenvalue weighted by atomic mass is 9.96. The number of rotatable bonds is 5. The van der Waals surface area contributed by atoms with Gasteiger partial charge in [0.2, 0.25) is 0 Å². The standard InChI is InChI=1S/C16H25FN2O2S/c1-13(14-9-11-15(17)12-10-14)18(2)22(20,21)19(3)16-7-5-4-6-8-16/h9-13,16H,4-8H2,1-3H3. The summed E-state index contributed by atoms with van der Waals surface area (Å²) in [7, 11) is -0.271. The molecule has 0 aliphatic heterocycles. The largest absolute Gasteiger partial charge is 0.282 e. The average Bonchev–Trinajstić information content (AvgIpc) is 2.54. The normalized spacial score (nSPS) is 18.8.